The Morgan fingerprint density at radius 1 is 0.973 bits per heavy atom. The van der Waals surface area contributed by atoms with E-state index < -0.39 is 12.0 Å². The highest BCUT2D eigenvalue weighted by atomic mass is 16.4. The molecule has 6 rings (SSSR count). The van der Waals surface area contributed by atoms with Crippen LogP contribution in [0.15, 0.2) is 29.1 Å². The maximum atomic E-state index is 14.0. The third-order valence-electron chi connectivity index (χ3n) is 9.90. The number of rotatable bonds is 6. The zero-order valence-electron chi connectivity index (χ0n) is 22.2. The molecule has 7 nitrogen and oxygen atoms in total. The lowest BCUT2D eigenvalue weighted by molar-refractivity contribution is -0.140. The Morgan fingerprint density at radius 3 is 2.41 bits per heavy atom. The molecule has 4 fully saturated rings. The van der Waals surface area contributed by atoms with E-state index in [4.69, 9.17) is 0 Å². The first-order valence-electron chi connectivity index (χ1n) is 14.8. The van der Waals surface area contributed by atoms with Gasteiger partial charge in [-0.05, 0) is 68.9 Å². The molecule has 1 aromatic heterocycles. The van der Waals surface area contributed by atoms with Crippen LogP contribution in [0.25, 0.3) is 11.0 Å². The second-order valence-corrected chi connectivity index (χ2v) is 12.2. The number of benzene rings is 1. The topological polar surface area (TPSA) is 78.7 Å². The van der Waals surface area contributed by atoms with E-state index in [-0.39, 0.29) is 11.6 Å². The monoisotopic (exact) mass is 506 g/mol. The van der Waals surface area contributed by atoms with Gasteiger partial charge in [0.05, 0.1) is 11.0 Å². The summed E-state index contributed by atoms with van der Waals surface area (Å²) in [4.78, 5) is 34.9. The average Bonchev–Trinajstić information content (AvgIpc) is 3.03. The van der Waals surface area contributed by atoms with E-state index in [1.165, 1.54) is 51.4 Å². The maximum absolute atomic E-state index is 14.0. The molecule has 2 bridgehead atoms. The maximum Gasteiger partial charge on any atom is 0.326 e. The van der Waals surface area contributed by atoms with Crippen LogP contribution in [-0.2, 0) is 4.79 Å². The molecule has 0 spiro atoms. The lowest BCUT2D eigenvalue weighted by Crippen LogP contribution is -2.55. The summed E-state index contributed by atoms with van der Waals surface area (Å²) in [5, 5.41) is 9.63. The second-order valence-electron chi connectivity index (χ2n) is 12.2. The van der Waals surface area contributed by atoms with Crippen LogP contribution in [0.2, 0.25) is 0 Å². The van der Waals surface area contributed by atoms with E-state index in [2.05, 4.69) is 16.8 Å². The number of hydrogen-bond acceptors (Lipinski definition) is 5. The normalized spacial score (nSPS) is 32.6. The molecule has 2 saturated heterocycles. The number of nitrogens with zero attached hydrogens (tertiary/aromatic N) is 4. The molecule has 1 N–H and O–H groups in total. The highest BCUT2D eigenvalue weighted by molar-refractivity contribution is 5.81. The fraction of sp³-hybridized carbons (Fsp3) is 0.700. The van der Waals surface area contributed by atoms with Crippen LogP contribution in [0.3, 0.4) is 0 Å². The van der Waals surface area contributed by atoms with Gasteiger partial charge in [-0.25, -0.2) is 9.78 Å². The summed E-state index contributed by atoms with van der Waals surface area (Å²) >= 11 is 0. The summed E-state index contributed by atoms with van der Waals surface area (Å²) in [6, 6.07) is 8.53. The highest BCUT2D eigenvalue weighted by Crippen LogP contribution is 2.43. The largest absolute Gasteiger partial charge is 0.480 e. The number of fused-ring (bicyclic) bond motifs is 3. The second kappa shape index (κ2) is 10.4. The molecular formula is C30H42N4O3. The van der Waals surface area contributed by atoms with Crippen LogP contribution in [0.4, 0.5) is 5.82 Å². The fourth-order valence-corrected chi connectivity index (χ4v) is 8.11. The van der Waals surface area contributed by atoms with Crippen molar-refractivity contribution in [1.29, 1.82) is 0 Å². The molecule has 200 valence electrons. The highest BCUT2D eigenvalue weighted by Gasteiger charge is 2.41. The van der Waals surface area contributed by atoms with E-state index in [0.29, 0.717) is 30.9 Å². The van der Waals surface area contributed by atoms with Gasteiger partial charge in [-0.15, -0.1) is 0 Å². The van der Waals surface area contributed by atoms with E-state index >= 15 is 0 Å². The van der Waals surface area contributed by atoms with Gasteiger partial charge in [0.2, 0.25) is 0 Å². The molecule has 7 heteroatoms. The van der Waals surface area contributed by atoms with Crippen molar-refractivity contribution in [3.63, 3.8) is 0 Å². The number of piperidine rings is 1. The number of hydrogen-bond donors (Lipinski definition) is 1. The summed E-state index contributed by atoms with van der Waals surface area (Å²) < 4.78 is 1.98. The van der Waals surface area contributed by atoms with Crippen LogP contribution in [-0.4, -0.2) is 56.7 Å². The van der Waals surface area contributed by atoms with Gasteiger partial charge in [-0.2, -0.15) is 0 Å². The standard InChI is InChI=1S/C30H42N4O3/c1-2-7-22-19-23(12-14-32(22)24-17-20-8-3-4-9-21(16-20)18-24)34-26-11-6-5-10-25(26)31-28(29(34)35)33-15-13-27(33)30(36)37/h5-6,10-11,20-24,27H,2-4,7-9,12-19H2,1H3,(H,36,37)/t20-,21+,22-,23-,24?,27-/m0/s1. The molecule has 4 aliphatic rings. The molecule has 1 unspecified atom stereocenters. The Morgan fingerprint density at radius 2 is 1.73 bits per heavy atom. The minimum atomic E-state index is -0.878. The molecule has 6 atom stereocenters. The smallest absolute Gasteiger partial charge is 0.326 e. The number of para-hydroxylation sites is 2. The predicted octanol–water partition coefficient (Wildman–Crippen LogP) is 5.22. The van der Waals surface area contributed by atoms with Crippen molar-refractivity contribution < 1.29 is 9.90 Å². The van der Waals surface area contributed by atoms with E-state index in [1.54, 1.807) is 4.90 Å². The molecule has 0 amide bonds. The molecule has 0 radical (unpaired) electrons. The Bertz CT molecular complexity index is 1180. The van der Waals surface area contributed by atoms with Crippen molar-refractivity contribution in [2.24, 2.45) is 11.8 Å². The Balaban J connectivity index is 1.31. The average molecular weight is 507 g/mol. The first kappa shape index (κ1) is 24.9. The van der Waals surface area contributed by atoms with Crippen LogP contribution < -0.4 is 10.5 Å². The van der Waals surface area contributed by atoms with Crippen molar-refractivity contribution in [1.82, 2.24) is 14.5 Å². The third kappa shape index (κ3) is 4.68. The lowest BCUT2D eigenvalue weighted by atomic mass is 9.76. The lowest BCUT2D eigenvalue weighted by Gasteiger charge is -2.48. The molecule has 2 aliphatic carbocycles. The summed E-state index contributed by atoms with van der Waals surface area (Å²) in [5.74, 6) is 1.23. The number of carboxylic acid groups (broad SMARTS) is 1. The van der Waals surface area contributed by atoms with Crippen LogP contribution in [0, 0.1) is 11.8 Å². The van der Waals surface area contributed by atoms with E-state index in [9.17, 15) is 14.7 Å². The van der Waals surface area contributed by atoms with E-state index in [0.717, 1.165) is 48.7 Å². The van der Waals surface area contributed by atoms with Gasteiger partial charge in [-0.3, -0.25) is 9.69 Å². The minimum absolute atomic E-state index is 0.113. The van der Waals surface area contributed by atoms with Crippen LogP contribution in [0.1, 0.15) is 90.0 Å². The van der Waals surface area contributed by atoms with Crippen molar-refractivity contribution in [3.05, 3.63) is 34.6 Å². The number of anilines is 1. The predicted molar refractivity (Wildman–Crippen MR) is 146 cm³/mol. The minimum Gasteiger partial charge on any atom is -0.480 e. The van der Waals surface area contributed by atoms with Crippen molar-refractivity contribution >= 4 is 22.8 Å². The number of carboxylic acids is 1. The van der Waals surface area contributed by atoms with Gasteiger partial charge >= 0.3 is 5.97 Å². The van der Waals surface area contributed by atoms with Crippen molar-refractivity contribution in [3.8, 4) is 0 Å². The van der Waals surface area contributed by atoms with Gasteiger partial charge in [0.15, 0.2) is 5.82 Å². The van der Waals surface area contributed by atoms with Gasteiger partial charge in [0.25, 0.3) is 5.56 Å². The molecule has 2 saturated carbocycles. The number of likely N-dealkylation sites (tertiary alicyclic amines) is 1. The first-order chi connectivity index (χ1) is 18.0. The van der Waals surface area contributed by atoms with Crippen LogP contribution >= 0.6 is 0 Å². The molecule has 2 aromatic rings. The molecule has 37 heavy (non-hydrogen) atoms. The van der Waals surface area contributed by atoms with Gasteiger partial charge in [0.1, 0.15) is 6.04 Å². The van der Waals surface area contributed by atoms with E-state index in [1.807, 2.05) is 28.8 Å². The SMILES string of the molecule is CCC[C@H]1C[C@@H](n2c(=O)c(N3CC[C@H]3C(=O)O)nc3ccccc32)CCN1C1C[C@H]2CCCC[C@@H](C1)C2. The van der Waals surface area contributed by atoms with Crippen molar-refractivity contribution in [2.45, 2.75) is 108 Å². The Labute approximate surface area is 219 Å². The summed E-state index contributed by atoms with van der Waals surface area (Å²) in [6.07, 6.45) is 14.6. The zero-order valence-corrected chi connectivity index (χ0v) is 22.2. The number of aliphatic carboxylic acids is 1. The molecule has 2 aliphatic heterocycles. The first-order valence-corrected chi connectivity index (χ1v) is 14.8. The Kier molecular flexibility index (Phi) is 6.99. The Hall–Kier alpha value is -2.41. The summed E-state index contributed by atoms with van der Waals surface area (Å²) in [7, 11) is 0. The number of carbonyl (C=O) groups is 1. The van der Waals surface area contributed by atoms with Crippen LogP contribution in [0.5, 0.6) is 0 Å². The summed E-state index contributed by atoms with van der Waals surface area (Å²) in [6.45, 7) is 3.89. The van der Waals surface area contributed by atoms with Crippen molar-refractivity contribution in [2.75, 3.05) is 18.0 Å². The van der Waals surface area contributed by atoms with Gasteiger partial charge in [-0.1, -0.05) is 51.2 Å². The third-order valence-corrected chi connectivity index (χ3v) is 9.90. The molecular weight excluding hydrogens is 464 g/mol. The van der Waals surface area contributed by atoms with Gasteiger partial charge in [0, 0.05) is 31.2 Å². The fourth-order valence-electron chi connectivity index (χ4n) is 8.11. The molecule has 3 heterocycles. The summed E-state index contributed by atoms with van der Waals surface area (Å²) in [5.41, 5.74) is 1.53. The zero-order chi connectivity index (χ0) is 25.5. The molecule has 1 aromatic carbocycles. The number of aromatic nitrogens is 2. The quantitative estimate of drug-likeness (QED) is 0.578. The van der Waals surface area contributed by atoms with Gasteiger partial charge < -0.3 is 14.6 Å².